The SMILES string of the molecule is CCCCOCCN1CCCC1C1CCCCC1O. The lowest BCUT2D eigenvalue weighted by atomic mass is 9.80. The summed E-state index contributed by atoms with van der Waals surface area (Å²) in [6, 6.07) is 0.616. The first kappa shape index (κ1) is 15.3. The highest BCUT2D eigenvalue weighted by molar-refractivity contribution is 4.90. The molecule has 0 aromatic heterocycles. The highest BCUT2D eigenvalue weighted by atomic mass is 16.5. The molecule has 112 valence electrons. The average Bonchev–Trinajstić information content (AvgIpc) is 2.87. The number of likely N-dealkylation sites (tertiary alicyclic amines) is 1. The number of aliphatic hydroxyl groups is 1. The Kier molecular flexibility index (Phi) is 6.62. The second-order valence-corrected chi connectivity index (χ2v) is 6.23. The maximum atomic E-state index is 10.2. The van der Waals surface area contributed by atoms with Crippen molar-refractivity contribution < 1.29 is 9.84 Å². The Hall–Kier alpha value is -0.120. The Morgan fingerprint density at radius 3 is 2.74 bits per heavy atom. The highest BCUT2D eigenvalue weighted by Gasteiger charge is 2.36. The molecule has 2 rings (SSSR count). The summed E-state index contributed by atoms with van der Waals surface area (Å²) in [6.07, 6.45) is 9.65. The van der Waals surface area contributed by atoms with Gasteiger partial charge in [0, 0.05) is 25.1 Å². The lowest BCUT2D eigenvalue weighted by Crippen LogP contribution is -2.43. The summed E-state index contributed by atoms with van der Waals surface area (Å²) in [4.78, 5) is 2.57. The van der Waals surface area contributed by atoms with Crippen LogP contribution in [0.3, 0.4) is 0 Å². The van der Waals surface area contributed by atoms with E-state index in [1.54, 1.807) is 0 Å². The van der Waals surface area contributed by atoms with Crippen LogP contribution >= 0.6 is 0 Å². The zero-order chi connectivity index (χ0) is 13.5. The van der Waals surface area contributed by atoms with Gasteiger partial charge in [-0.05, 0) is 38.6 Å². The smallest absolute Gasteiger partial charge is 0.0593 e. The molecule has 3 unspecified atom stereocenters. The van der Waals surface area contributed by atoms with Crippen LogP contribution in [0.25, 0.3) is 0 Å². The monoisotopic (exact) mass is 269 g/mol. The number of hydrogen-bond donors (Lipinski definition) is 1. The predicted molar refractivity (Wildman–Crippen MR) is 78.3 cm³/mol. The van der Waals surface area contributed by atoms with Crippen molar-refractivity contribution in [1.82, 2.24) is 4.90 Å². The van der Waals surface area contributed by atoms with Gasteiger partial charge in [-0.2, -0.15) is 0 Å². The fraction of sp³-hybridized carbons (Fsp3) is 1.00. The summed E-state index contributed by atoms with van der Waals surface area (Å²) in [6.45, 7) is 6.22. The minimum absolute atomic E-state index is 0.0552. The summed E-state index contributed by atoms with van der Waals surface area (Å²) in [5.41, 5.74) is 0. The molecule has 2 aliphatic rings. The van der Waals surface area contributed by atoms with E-state index >= 15 is 0 Å². The first-order valence-electron chi connectivity index (χ1n) is 8.32. The standard InChI is InChI=1S/C16H31NO2/c1-2-3-12-19-13-11-17-10-6-8-15(17)14-7-4-5-9-16(14)18/h14-16,18H,2-13H2,1H3. The molecule has 0 aromatic carbocycles. The third-order valence-corrected chi connectivity index (χ3v) is 4.86. The first-order chi connectivity index (χ1) is 9.33. The summed E-state index contributed by atoms with van der Waals surface area (Å²) in [7, 11) is 0. The van der Waals surface area contributed by atoms with Crippen molar-refractivity contribution in [1.29, 1.82) is 0 Å². The van der Waals surface area contributed by atoms with Crippen molar-refractivity contribution in [3.8, 4) is 0 Å². The van der Waals surface area contributed by atoms with Crippen LogP contribution in [0, 0.1) is 5.92 Å². The molecule has 0 radical (unpaired) electrons. The van der Waals surface area contributed by atoms with Crippen LogP contribution < -0.4 is 0 Å². The fourth-order valence-corrected chi connectivity index (χ4v) is 3.73. The van der Waals surface area contributed by atoms with E-state index in [0.29, 0.717) is 12.0 Å². The van der Waals surface area contributed by atoms with Gasteiger partial charge in [-0.15, -0.1) is 0 Å². The maximum Gasteiger partial charge on any atom is 0.0593 e. The first-order valence-corrected chi connectivity index (χ1v) is 8.32. The molecule has 0 spiro atoms. The summed E-state index contributed by atoms with van der Waals surface area (Å²) in [5, 5.41) is 10.2. The zero-order valence-electron chi connectivity index (χ0n) is 12.5. The highest BCUT2D eigenvalue weighted by Crippen LogP contribution is 2.34. The van der Waals surface area contributed by atoms with Gasteiger partial charge < -0.3 is 9.84 Å². The third kappa shape index (κ3) is 4.44. The van der Waals surface area contributed by atoms with E-state index in [2.05, 4.69) is 11.8 Å². The third-order valence-electron chi connectivity index (χ3n) is 4.86. The number of rotatable bonds is 7. The van der Waals surface area contributed by atoms with Crippen molar-refractivity contribution in [2.24, 2.45) is 5.92 Å². The molecule has 1 heterocycles. The molecule has 0 aromatic rings. The minimum atomic E-state index is -0.0552. The zero-order valence-corrected chi connectivity index (χ0v) is 12.5. The van der Waals surface area contributed by atoms with Crippen LogP contribution in [-0.4, -0.2) is 48.5 Å². The molecule has 3 nitrogen and oxygen atoms in total. The van der Waals surface area contributed by atoms with Crippen molar-refractivity contribution >= 4 is 0 Å². The second kappa shape index (κ2) is 8.23. The van der Waals surface area contributed by atoms with Gasteiger partial charge in [-0.1, -0.05) is 26.2 Å². The topological polar surface area (TPSA) is 32.7 Å². The number of unbranched alkanes of at least 4 members (excludes halogenated alkanes) is 1. The van der Waals surface area contributed by atoms with Crippen LogP contribution in [0.5, 0.6) is 0 Å². The van der Waals surface area contributed by atoms with Gasteiger partial charge >= 0.3 is 0 Å². The molecule has 0 amide bonds. The van der Waals surface area contributed by atoms with Gasteiger partial charge in [0.15, 0.2) is 0 Å². The van der Waals surface area contributed by atoms with E-state index in [0.717, 1.165) is 26.2 Å². The Morgan fingerprint density at radius 1 is 1.11 bits per heavy atom. The number of nitrogens with zero attached hydrogens (tertiary/aromatic N) is 1. The molecule has 1 saturated heterocycles. The molecule has 1 N–H and O–H groups in total. The molecule has 3 heteroatoms. The van der Waals surface area contributed by atoms with E-state index in [1.807, 2.05) is 0 Å². The van der Waals surface area contributed by atoms with Crippen LogP contribution in [0.4, 0.5) is 0 Å². The Balaban J connectivity index is 1.73. The molecule has 1 saturated carbocycles. The molecule has 1 aliphatic carbocycles. The van der Waals surface area contributed by atoms with Crippen LogP contribution in [-0.2, 0) is 4.74 Å². The van der Waals surface area contributed by atoms with Crippen molar-refractivity contribution in [2.45, 2.75) is 70.4 Å². The van der Waals surface area contributed by atoms with E-state index < -0.39 is 0 Å². The van der Waals surface area contributed by atoms with Gasteiger partial charge in [0.05, 0.1) is 12.7 Å². The summed E-state index contributed by atoms with van der Waals surface area (Å²) in [5.74, 6) is 0.520. The normalized spacial score (nSPS) is 32.8. The Labute approximate surface area is 118 Å². The van der Waals surface area contributed by atoms with E-state index in [9.17, 15) is 5.11 Å². The summed E-state index contributed by atoms with van der Waals surface area (Å²) < 4.78 is 5.69. The Bertz CT molecular complexity index is 247. The minimum Gasteiger partial charge on any atom is -0.393 e. The second-order valence-electron chi connectivity index (χ2n) is 6.23. The molecular formula is C16H31NO2. The van der Waals surface area contributed by atoms with Crippen molar-refractivity contribution in [2.75, 3.05) is 26.3 Å². The van der Waals surface area contributed by atoms with Crippen LogP contribution in [0.2, 0.25) is 0 Å². The fourth-order valence-electron chi connectivity index (χ4n) is 3.73. The molecule has 3 atom stereocenters. The van der Waals surface area contributed by atoms with Gasteiger partial charge in [0.2, 0.25) is 0 Å². The predicted octanol–water partition coefficient (Wildman–Crippen LogP) is 2.82. The number of aliphatic hydroxyl groups excluding tert-OH is 1. The van der Waals surface area contributed by atoms with Gasteiger partial charge in [0.1, 0.15) is 0 Å². The van der Waals surface area contributed by atoms with Gasteiger partial charge in [-0.3, -0.25) is 4.90 Å². The van der Waals surface area contributed by atoms with Gasteiger partial charge in [0.25, 0.3) is 0 Å². The molecule has 2 fully saturated rings. The quantitative estimate of drug-likeness (QED) is 0.721. The van der Waals surface area contributed by atoms with Crippen molar-refractivity contribution in [3.05, 3.63) is 0 Å². The maximum absolute atomic E-state index is 10.2. The molecular weight excluding hydrogens is 238 g/mol. The van der Waals surface area contributed by atoms with Gasteiger partial charge in [-0.25, -0.2) is 0 Å². The summed E-state index contributed by atoms with van der Waals surface area (Å²) >= 11 is 0. The van der Waals surface area contributed by atoms with E-state index in [-0.39, 0.29) is 6.10 Å². The van der Waals surface area contributed by atoms with E-state index in [1.165, 1.54) is 51.5 Å². The molecule has 1 aliphatic heterocycles. The van der Waals surface area contributed by atoms with E-state index in [4.69, 9.17) is 4.74 Å². The Morgan fingerprint density at radius 2 is 1.95 bits per heavy atom. The number of hydrogen-bond acceptors (Lipinski definition) is 3. The molecule has 0 bridgehead atoms. The van der Waals surface area contributed by atoms with Crippen LogP contribution in [0.1, 0.15) is 58.3 Å². The van der Waals surface area contributed by atoms with Crippen molar-refractivity contribution in [3.63, 3.8) is 0 Å². The largest absolute Gasteiger partial charge is 0.393 e. The lowest BCUT2D eigenvalue weighted by Gasteiger charge is -2.37. The van der Waals surface area contributed by atoms with Crippen LogP contribution in [0.15, 0.2) is 0 Å². The number of ether oxygens (including phenoxy) is 1. The average molecular weight is 269 g/mol. The molecule has 19 heavy (non-hydrogen) atoms. The lowest BCUT2D eigenvalue weighted by molar-refractivity contribution is 0.0129.